The van der Waals surface area contributed by atoms with Crippen LogP contribution in [0.3, 0.4) is 0 Å². The molecule has 0 aliphatic carbocycles. The Balaban J connectivity index is 1.35. The first-order valence-electron chi connectivity index (χ1n) is 14.4. The van der Waals surface area contributed by atoms with E-state index in [4.69, 9.17) is 0 Å². The maximum atomic E-state index is 15.1. The van der Waals surface area contributed by atoms with Crippen LogP contribution in [0.1, 0.15) is 49.3 Å². The smallest absolute Gasteiger partial charge is 0.429 e. The minimum atomic E-state index is -4.66. The average molecular weight is 661 g/mol. The third kappa shape index (κ3) is 7.42. The zero-order chi connectivity index (χ0) is 33.9. The first-order chi connectivity index (χ1) is 22.4. The molecule has 0 bridgehead atoms. The van der Waals surface area contributed by atoms with Crippen molar-refractivity contribution in [3.63, 3.8) is 0 Å². The third-order valence-electron chi connectivity index (χ3n) is 7.38. The van der Waals surface area contributed by atoms with E-state index in [-0.39, 0.29) is 33.6 Å². The van der Waals surface area contributed by atoms with E-state index in [1.54, 1.807) is 12.4 Å². The summed E-state index contributed by atoms with van der Waals surface area (Å²) in [6.45, 7) is 2.09. The Morgan fingerprint density at radius 1 is 0.660 bits per heavy atom. The lowest BCUT2D eigenvalue weighted by Crippen LogP contribution is -2.25. The molecular weight excluding hydrogens is 635 g/mol. The lowest BCUT2D eigenvalue weighted by Gasteiger charge is -2.20. The molecule has 3 nitrogen and oxygen atoms in total. The number of aryl methyl sites for hydroxylation is 1. The summed E-state index contributed by atoms with van der Waals surface area (Å²) in [4.78, 5) is 8.50. The summed E-state index contributed by atoms with van der Waals surface area (Å²) in [5.41, 5.74) is -2.66. The summed E-state index contributed by atoms with van der Waals surface area (Å²) in [7, 11) is 0. The van der Waals surface area contributed by atoms with Gasteiger partial charge in [-0.25, -0.2) is 40.7 Å². The SMILES string of the molecule is CCCCCc1cnc(-c2ccc(-c3cc(F)c(C(F)(F)Oc4ccc(-c5ccc(C(F)F)c(F)c5)c(F)c4)c(F)c3)c(F)c2)nc1. The highest BCUT2D eigenvalue weighted by atomic mass is 19.3. The van der Waals surface area contributed by atoms with Gasteiger partial charge in [-0.2, -0.15) is 8.78 Å². The standard InChI is InChI=1S/C35H25F9N2O/c1-2-3-4-5-19-17-45-34(46-18-19)21-7-9-25(27(36)13-21)22-14-30(39)32(31(40)15-22)35(43,44)47-23-8-11-24(29(38)16-23)20-6-10-26(33(41)42)28(37)12-20/h6-18,33H,2-5H2,1H3. The number of alkyl halides is 4. The fraction of sp³-hybridized carbons (Fsp3) is 0.200. The second kappa shape index (κ2) is 13.9. The Bertz CT molecular complexity index is 1870. The van der Waals surface area contributed by atoms with Gasteiger partial charge in [0.1, 0.15) is 40.4 Å². The number of halogens is 9. The summed E-state index contributed by atoms with van der Waals surface area (Å²) in [6, 6.07) is 9.34. The van der Waals surface area contributed by atoms with Crippen LogP contribution < -0.4 is 4.74 Å². The van der Waals surface area contributed by atoms with Gasteiger partial charge in [0.25, 0.3) is 6.43 Å². The number of nitrogens with zero attached hydrogens (tertiary/aromatic N) is 2. The van der Waals surface area contributed by atoms with E-state index in [0.717, 1.165) is 61.6 Å². The molecule has 1 heterocycles. The Labute approximate surface area is 263 Å². The molecule has 0 fully saturated rings. The van der Waals surface area contributed by atoms with Crippen molar-refractivity contribution < 1.29 is 44.3 Å². The van der Waals surface area contributed by atoms with Gasteiger partial charge in [-0.15, -0.1) is 0 Å². The number of unbranched alkanes of at least 4 members (excludes halogenated alkanes) is 2. The maximum Gasteiger partial charge on any atom is 0.432 e. The number of hydrogen-bond acceptors (Lipinski definition) is 3. The summed E-state index contributed by atoms with van der Waals surface area (Å²) in [5, 5.41) is 0. The second-order valence-corrected chi connectivity index (χ2v) is 10.7. The largest absolute Gasteiger partial charge is 0.432 e. The van der Waals surface area contributed by atoms with Gasteiger partial charge < -0.3 is 4.74 Å². The van der Waals surface area contributed by atoms with Crippen LogP contribution in [-0.2, 0) is 12.5 Å². The van der Waals surface area contributed by atoms with Gasteiger partial charge in [-0.05, 0) is 72.0 Å². The third-order valence-corrected chi connectivity index (χ3v) is 7.38. The second-order valence-electron chi connectivity index (χ2n) is 10.7. The van der Waals surface area contributed by atoms with Crippen LogP contribution in [0.15, 0.2) is 79.1 Å². The van der Waals surface area contributed by atoms with Gasteiger partial charge in [-0.3, -0.25) is 0 Å². The molecule has 0 spiro atoms. The van der Waals surface area contributed by atoms with E-state index in [0.29, 0.717) is 24.3 Å². The highest BCUT2D eigenvalue weighted by molar-refractivity contribution is 5.69. The molecule has 1 aromatic heterocycles. The molecule has 0 unspecified atom stereocenters. The zero-order valence-corrected chi connectivity index (χ0v) is 24.6. The number of benzene rings is 4. The molecule has 0 aliphatic heterocycles. The van der Waals surface area contributed by atoms with E-state index in [1.807, 2.05) is 0 Å². The predicted molar refractivity (Wildman–Crippen MR) is 157 cm³/mol. The molecule has 244 valence electrons. The molecule has 47 heavy (non-hydrogen) atoms. The summed E-state index contributed by atoms with van der Waals surface area (Å²) >= 11 is 0. The molecule has 0 radical (unpaired) electrons. The van der Waals surface area contributed by atoms with E-state index in [9.17, 15) is 17.6 Å². The Kier molecular flexibility index (Phi) is 9.88. The van der Waals surface area contributed by atoms with Gasteiger partial charge in [0.05, 0.1) is 5.56 Å². The lowest BCUT2D eigenvalue weighted by atomic mass is 10.00. The topological polar surface area (TPSA) is 35.0 Å². The fourth-order valence-corrected chi connectivity index (χ4v) is 4.97. The van der Waals surface area contributed by atoms with Crippen molar-refractivity contribution in [1.29, 1.82) is 0 Å². The fourth-order valence-electron chi connectivity index (χ4n) is 4.97. The molecule has 12 heteroatoms. The molecule has 0 N–H and O–H groups in total. The minimum Gasteiger partial charge on any atom is -0.429 e. The van der Waals surface area contributed by atoms with Gasteiger partial charge in [0.2, 0.25) is 0 Å². The molecule has 0 amide bonds. The lowest BCUT2D eigenvalue weighted by molar-refractivity contribution is -0.189. The Morgan fingerprint density at radius 2 is 1.23 bits per heavy atom. The van der Waals surface area contributed by atoms with Crippen molar-refractivity contribution in [2.45, 2.75) is 45.1 Å². The normalized spacial score (nSPS) is 11.7. The summed E-state index contributed by atoms with van der Waals surface area (Å²) < 4.78 is 134. The van der Waals surface area contributed by atoms with Crippen LogP contribution in [0.2, 0.25) is 0 Å². The van der Waals surface area contributed by atoms with Crippen molar-refractivity contribution in [1.82, 2.24) is 9.97 Å². The van der Waals surface area contributed by atoms with Crippen molar-refractivity contribution in [3.8, 4) is 39.4 Å². The summed E-state index contributed by atoms with van der Waals surface area (Å²) in [6.07, 6.45) is -0.598. The van der Waals surface area contributed by atoms with Crippen molar-refractivity contribution in [2.75, 3.05) is 0 Å². The average Bonchev–Trinajstić information content (AvgIpc) is 3.00. The Hall–Kier alpha value is -4.87. The number of rotatable bonds is 11. The zero-order valence-electron chi connectivity index (χ0n) is 24.6. The molecule has 5 aromatic rings. The molecule has 0 saturated carbocycles. The van der Waals surface area contributed by atoms with Crippen LogP contribution in [0.5, 0.6) is 5.75 Å². The van der Waals surface area contributed by atoms with E-state index in [2.05, 4.69) is 21.6 Å². The quantitative estimate of drug-likeness (QED) is 0.104. The number of ether oxygens (including phenoxy) is 1. The minimum absolute atomic E-state index is 0.168. The van der Waals surface area contributed by atoms with Crippen molar-refractivity contribution in [3.05, 3.63) is 125 Å². The Morgan fingerprint density at radius 3 is 1.83 bits per heavy atom. The number of aromatic nitrogens is 2. The molecule has 0 atom stereocenters. The van der Waals surface area contributed by atoms with Crippen molar-refractivity contribution in [2.24, 2.45) is 0 Å². The monoisotopic (exact) mass is 660 g/mol. The van der Waals surface area contributed by atoms with Crippen LogP contribution in [-0.4, -0.2) is 9.97 Å². The van der Waals surface area contributed by atoms with Crippen molar-refractivity contribution >= 4 is 0 Å². The highest BCUT2D eigenvalue weighted by Gasteiger charge is 2.41. The van der Waals surface area contributed by atoms with E-state index in [1.165, 1.54) is 12.1 Å². The summed E-state index contributed by atoms with van der Waals surface area (Å²) in [5.74, 6) is -7.56. The van der Waals surface area contributed by atoms with E-state index < -0.39 is 58.5 Å². The molecule has 0 saturated heterocycles. The molecule has 4 aromatic carbocycles. The maximum absolute atomic E-state index is 15.1. The van der Waals surface area contributed by atoms with Crippen LogP contribution >= 0.6 is 0 Å². The van der Waals surface area contributed by atoms with Gasteiger partial charge in [-0.1, -0.05) is 38.0 Å². The highest BCUT2D eigenvalue weighted by Crippen LogP contribution is 2.39. The predicted octanol–water partition coefficient (Wildman–Crippen LogP) is 11.0. The molecular formula is C35H25F9N2O. The molecule has 5 rings (SSSR count). The van der Waals surface area contributed by atoms with Gasteiger partial charge in [0, 0.05) is 35.2 Å². The van der Waals surface area contributed by atoms with Gasteiger partial charge >= 0.3 is 6.11 Å². The van der Waals surface area contributed by atoms with E-state index >= 15 is 22.0 Å². The molecule has 0 aliphatic rings. The first-order valence-corrected chi connectivity index (χ1v) is 14.4. The van der Waals surface area contributed by atoms with Gasteiger partial charge in [0.15, 0.2) is 5.82 Å². The first kappa shape index (κ1) is 33.5. The van der Waals surface area contributed by atoms with Crippen LogP contribution in [0.25, 0.3) is 33.6 Å². The van der Waals surface area contributed by atoms with Crippen LogP contribution in [0, 0.1) is 29.1 Å². The number of hydrogen-bond donors (Lipinski definition) is 0. The van der Waals surface area contributed by atoms with Crippen LogP contribution in [0.4, 0.5) is 39.5 Å².